The first-order valence-electron chi connectivity index (χ1n) is 10.7. The number of nitrogens with zero attached hydrogens (tertiary/aromatic N) is 3. The topological polar surface area (TPSA) is 70.2 Å². The maximum absolute atomic E-state index is 13.4. The SMILES string of the molecule is COc1ccccc1N1CCN(C(=O)c2ccccc2N(C)S(=O)(=O)c2ccccc2)CC1. The summed E-state index contributed by atoms with van der Waals surface area (Å²) in [6, 6.07) is 22.9. The molecule has 1 aliphatic heterocycles. The van der Waals surface area contributed by atoms with Gasteiger partial charge in [-0.2, -0.15) is 0 Å². The van der Waals surface area contributed by atoms with Crippen LogP contribution in [0, 0.1) is 0 Å². The summed E-state index contributed by atoms with van der Waals surface area (Å²) in [4.78, 5) is 17.6. The molecule has 33 heavy (non-hydrogen) atoms. The molecule has 8 heteroatoms. The monoisotopic (exact) mass is 465 g/mol. The second kappa shape index (κ2) is 9.54. The number of para-hydroxylation sites is 3. The molecule has 1 heterocycles. The molecule has 4 rings (SSSR count). The van der Waals surface area contributed by atoms with Crippen LogP contribution in [-0.4, -0.2) is 59.6 Å². The Bertz CT molecular complexity index is 1220. The van der Waals surface area contributed by atoms with E-state index in [1.165, 1.54) is 11.4 Å². The van der Waals surface area contributed by atoms with Gasteiger partial charge in [-0.3, -0.25) is 9.10 Å². The van der Waals surface area contributed by atoms with E-state index in [-0.39, 0.29) is 10.8 Å². The fraction of sp³-hybridized carbons (Fsp3) is 0.240. The average Bonchev–Trinajstić information content (AvgIpc) is 2.88. The minimum Gasteiger partial charge on any atom is -0.495 e. The van der Waals surface area contributed by atoms with E-state index in [4.69, 9.17) is 4.74 Å². The van der Waals surface area contributed by atoms with Gasteiger partial charge in [0.25, 0.3) is 15.9 Å². The molecule has 0 radical (unpaired) electrons. The van der Waals surface area contributed by atoms with Crippen LogP contribution in [0.25, 0.3) is 0 Å². The third kappa shape index (κ3) is 4.52. The van der Waals surface area contributed by atoms with Crippen molar-refractivity contribution < 1.29 is 17.9 Å². The number of carbonyl (C=O) groups excluding carboxylic acids is 1. The van der Waals surface area contributed by atoms with Gasteiger partial charge in [0, 0.05) is 33.2 Å². The quantitative estimate of drug-likeness (QED) is 0.558. The third-order valence-electron chi connectivity index (χ3n) is 5.87. The van der Waals surface area contributed by atoms with E-state index in [9.17, 15) is 13.2 Å². The maximum atomic E-state index is 13.4. The van der Waals surface area contributed by atoms with E-state index in [1.807, 2.05) is 24.3 Å². The zero-order valence-corrected chi connectivity index (χ0v) is 19.5. The fourth-order valence-electron chi connectivity index (χ4n) is 4.02. The lowest BCUT2D eigenvalue weighted by atomic mass is 10.1. The van der Waals surface area contributed by atoms with E-state index in [1.54, 1.807) is 66.6 Å². The van der Waals surface area contributed by atoms with Gasteiger partial charge in [-0.05, 0) is 36.4 Å². The lowest BCUT2D eigenvalue weighted by molar-refractivity contribution is 0.0747. The lowest BCUT2D eigenvalue weighted by Gasteiger charge is -2.37. The van der Waals surface area contributed by atoms with Gasteiger partial charge in [0.1, 0.15) is 5.75 Å². The Kier molecular flexibility index (Phi) is 6.55. The van der Waals surface area contributed by atoms with Gasteiger partial charge in [0.15, 0.2) is 0 Å². The minimum absolute atomic E-state index is 0.180. The molecule has 1 aliphatic rings. The third-order valence-corrected chi connectivity index (χ3v) is 7.65. The lowest BCUT2D eigenvalue weighted by Crippen LogP contribution is -2.49. The summed E-state index contributed by atoms with van der Waals surface area (Å²) in [5.41, 5.74) is 1.73. The summed E-state index contributed by atoms with van der Waals surface area (Å²) >= 11 is 0. The molecular weight excluding hydrogens is 438 g/mol. The first-order chi connectivity index (χ1) is 15.9. The summed E-state index contributed by atoms with van der Waals surface area (Å²) in [7, 11) is -0.662. The van der Waals surface area contributed by atoms with Gasteiger partial charge in [0.05, 0.1) is 28.9 Å². The number of hydrogen-bond acceptors (Lipinski definition) is 5. The van der Waals surface area contributed by atoms with Gasteiger partial charge in [0.2, 0.25) is 0 Å². The first-order valence-corrected chi connectivity index (χ1v) is 12.2. The van der Waals surface area contributed by atoms with Gasteiger partial charge in [-0.25, -0.2) is 8.42 Å². The van der Waals surface area contributed by atoms with E-state index in [0.29, 0.717) is 37.4 Å². The van der Waals surface area contributed by atoms with Crippen molar-refractivity contribution in [2.75, 3.05) is 49.5 Å². The highest BCUT2D eigenvalue weighted by molar-refractivity contribution is 7.92. The Hall–Kier alpha value is -3.52. The highest BCUT2D eigenvalue weighted by Gasteiger charge is 2.29. The van der Waals surface area contributed by atoms with Crippen molar-refractivity contribution in [3.05, 3.63) is 84.4 Å². The number of hydrogen-bond donors (Lipinski definition) is 0. The Labute approximate surface area is 194 Å². The van der Waals surface area contributed by atoms with E-state index in [0.717, 1.165) is 11.4 Å². The van der Waals surface area contributed by atoms with Gasteiger partial charge in [-0.1, -0.05) is 42.5 Å². The van der Waals surface area contributed by atoms with Crippen LogP contribution in [0.15, 0.2) is 83.8 Å². The summed E-state index contributed by atoms with van der Waals surface area (Å²) in [6.45, 7) is 2.37. The number of sulfonamides is 1. The predicted molar refractivity (Wildman–Crippen MR) is 130 cm³/mol. The average molecular weight is 466 g/mol. The molecule has 0 spiro atoms. The van der Waals surface area contributed by atoms with Crippen molar-refractivity contribution in [3.63, 3.8) is 0 Å². The highest BCUT2D eigenvalue weighted by atomic mass is 32.2. The number of rotatable bonds is 6. The molecule has 0 aromatic heterocycles. The van der Waals surface area contributed by atoms with E-state index < -0.39 is 10.0 Å². The zero-order valence-electron chi connectivity index (χ0n) is 18.7. The second-order valence-electron chi connectivity index (χ2n) is 7.75. The largest absolute Gasteiger partial charge is 0.495 e. The van der Waals surface area contributed by atoms with Crippen molar-refractivity contribution in [1.29, 1.82) is 0 Å². The number of benzene rings is 3. The summed E-state index contributed by atoms with van der Waals surface area (Å²) in [6.07, 6.45) is 0. The van der Waals surface area contributed by atoms with Crippen LogP contribution in [0.5, 0.6) is 5.75 Å². The van der Waals surface area contributed by atoms with Crippen molar-refractivity contribution >= 4 is 27.3 Å². The smallest absolute Gasteiger partial charge is 0.264 e. The number of carbonyl (C=O) groups is 1. The molecule has 1 amide bonds. The van der Waals surface area contributed by atoms with Gasteiger partial charge < -0.3 is 14.5 Å². The molecule has 0 aliphatic carbocycles. The van der Waals surface area contributed by atoms with Crippen LogP contribution in [-0.2, 0) is 10.0 Å². The Morgan fingerprint density at radius 3 is 2.15 bits per heavy atom. The summed E-state index contributed by atoms with van der Waals surface area (Å²) in [5, 5.41) is 0. The molecule has 0 bridgehead atoms. The fourth-order valence-corrected chi connectivity index (χ4v) is 5.26. The molecular formula is C25H27N3O4S. The standard InChI is InChI=1S/C25H27N3O4S/c1-26(33(30,31)20-10-4-3-5-11-20)22-13-7-6-12-21(22)25(29)28-18-16-27(17-19-28)23-14-8-9-15-24(23)32-2/h3-15H,16-19H2,1-2H3. The van der Waals surface area contributed by atoms with Crippen molar-refractivity contribution in [2.45, 2.75) is 4.90 Å². The Balaban J connectivity index is 1.54. The van der Waals surface area contributed by atoms with Crippen LogP contribution in [0.4, 0.5) is 11.4 Å². The maximum Gasteiger partial charge on any atom is 0.264 e. The normalized spacial score (nSPS) is 14.1. The van der Waals surface area contributed by atoms with Crippen molar-refractivity contribution in [2.24, 2.45) is 0 Å². The summed E-state index contributed by atoms with van der Waals surface area (Å²) < 4.78 is 32.9. The van der Waals surface area contributed by atoms with Crippen LogP contribution >= 0.6 is 0 Å². The molecule has 3 aromatic carbocycles. The van der Waals surface area contributed by atoms with Gasteiger partial charge in [-0.15, -0.1) is 0 Å². The molecule has 0 unspecified atom stereocenters. The first kappa shape index (κ1) is 22.7. The predicted octanol–water partition coefficient (Wildman–Crippen LogP) is 3.48. The Morgan fingerprint density at radius 1 is 0.848 bits per heavy atom. The van der Waals surface area contributed by atoms with E-state index >= 15 is 0 Å². The van der Waals surface area contributed by atoms with Crippen LogP contribution < -0.4 is 13.9 Å². The molecule has 172 valence electrons. The molecule has 7 nitrogen and oxygen atoms in total. The molecule has 1 saturated heterocycles. The minimum atomic E-state index is -3.79. The molecule has 0 atom stereocenters. The number of methoxy groups -OCH3 is 1. The van der Waals surface area contributed by atoms with Crippen molar-refractivity contribution in [3.8, 4) is 5.75 Å². The molecule has 0 saturated carbocycles. The second-order valence-corrected chi connectivity index (χ2v) is 9.72. The number of piperazine rings is 1. The molecule has 3 aromatic rings. The Morgan fingerprint density at radius 2 is 1.45 bits per heavy atom. The number of amides is 1. The molecule has 0 N–H and O–H groups in total. The van der Waals surface area contributed by atoms with Crippen LogP contribution in [0.2, 0.25) is 0 Å². The molecule has 1 fully saturated rings. The number of anilines is 2. The van der Waals surface area contributed by atoms with Crippen molar-refractivity contribution in [1.82, 2.24) is 4.90 Å². The van der Waals surface area contributed by atoms with E-state index in [2.05, 4.69) is 4.90 Å². The summed E-state index contributed by atoms with van der Waals surface area (Å²) in [5.74, 6) is 0.621. The van der Waals surface area contributed by atoms with Gasteiger partial charge >= 0.3 is 0 Å². The van der Waals surface area contributed by atoms with Crippen LogP contribution in [0.1, 0.15) is 10.4 Å². The number of ether oxygens (including phenoxy) is 1. The zero-order chi connectivity index (χ0) is 23.4. The highest BCUT2D eigenvalue weighted by Crippen LogP contribution is 2.30. The van der Waals surface area contributed by atoms with Crippen LogP contribution in [0.3, 0.4) is 0 Å².